The van der Waals surface area contributed by atoms with Gasteiger partial charge >= 0.3 is 11.7 Å². The van der Waals surface area contributed by atoms with Gasteiger partial charge in [-0.2, -0.15) is 0 Å². The number of carbonyl (C=O) groups excluding carboxylic acids is 2. The zero-order chi connectivity index (χ0) is 28.8. The lowest BCUT2D eigenvalue weighted by molar-refractivity contribution is -0.136. The number of imide groups is 1. The number of unbranched alkanes of at least 4 members (excludes halogenated alkanes) is 1. The summed E-state index contributed by atoms with van der Waals surface area (Å²) in [6.07, 6.45) is 6.68. The molecule has 3 amide bonds. The van der Waals surface area contributed by atoms with E-state index in [-0.39, 0.29) is 52.6 Å². The summed E-state index contributed by atoms with van der Waals surface area (Å²) in [5.74, 6) is -0.202. The van der Waals surface area contributed by atoms with Gasteiger partial charge in [0.25, 0.3) is 11.5 Å². The fourth-order valence-electron chi connectivity index (χ4n) is 6.57. The van der Waals surface area contributed by atoms with Crippen molar-refractivity contribution in [2.24, 2.45) is 5.41 Å². The van der Waals surface area contributed by atoms with Crippen LogP contribution in [-0.2, 0) is 16.1 Å². The fourth-order valence-corrected chi connectivity index (χ4v) is 7.58. The molecule has 4 rings (SSSR count). The van der Waals surface area contributed by atoms with Crippen molar-refractivity contribution >= 4 is 31.6 Å². The maximum absolute atomic E-state index is 13.3. The highest BCUT2D eigenvalue weighted by Crippen LogP contribution is 2.56. The number of urea groups is 1. The monoisotopic (exact) mass is 580 g/mol. The van der Waals surface area contributed by atoms with Crippen molar-refractivity contribution in [1.82, 2.24) is 18.9 Å². The van der Waals surface area contributed by atoms with Crippen molar-refractivity contribution in [3.63, 3.8) is 0 Å². The van der Waals surface area contributed by atoms with Gasteiger partial charge in [0.2, 0.25) is 0 Å². The average molecular weight is 581 g/mol. The van der Waals surface area contributed by atoms with Crippen molar-refractivity contribution in [2.75, 3.05) is 13.3 Å². The first-order chi connectivity index (χ1) is 18.2. The van der Waals surface area contributed by atoms with Gasteiger partial charge in [0.05, 0.1) is 0 Å². The fraction of sp³-hybridized carbons (Fsp3) is 0.786. The number of carbonyl (C=O) groups is 2. The number of amides is 3. The average Bonchev–Trinajstić information content (AvgIpc) is 2.98. The van der Waals surface area contributed by atoms with Crippen LogP contribution in [0.1, 0.15) is 78.2 Å². The number of aromatic nitrogens is 2. The van der Waals surface area contributed by atoms with Crippen molar-refractivity contribution < 1.29 is 14.3 Å². The topological polar surface area (TPSA) is 93.8 Å². The Kier molecular flexibility index (Phi) is 8.60. The Balaban J connectivity index is 1.38. The highest BCUT2D eigenvalue weighted by molar-refractivity contribution is 6.76. The zero-order valence-electron chi connectivity index (χ0n) is 24.4. The third kappa shape index (κ3) is 5.93. The molecule has 1 saturated heterocycles. The molecule has 0 bridgehead atoms. The standard InChI is InChI=1S/C28H45ClN4O5Si/c1-7-8-13-30-22(29)16-23(34)32(25(30)36)20-9-11-28(12-10-20)17-21(18-28)33-26(37)31(24(35)27(33,2)3)19-38-14-15-39(4,5)6/h16,20-21H,7-15,17-19H2,1-6H3. The first-order valence-electron chi connectivity index (χ1n) is 14.5. The van der Waals surface area contributed by atoms with Crippen molar-refractivity contribution in [3.8, 4) is 0 Å². The molecule has 0 aromatic carbocycles. The number of hydrogen-bond acceptors (Lipinski definition) is 5. The quantitative estimate of drug-likeness (QED) is 0.166. The maximum Gasteiger partial charge on any atom is 0.332 e. The van der Waals surface area contributed by atoms with E-state index < -0.39 is 13.6 Å². The van der Waals surface area contributed by atoms with Crippen LogP contribution in [0.25, 0.3) is 0 Å². The van der Waals surface area contributed by atoms with Gasteiger partial charge in [-0.1, -0.05) is 44.6 Å². The Hall–Kier alpha value is -1.91. The van der Waals surface area contributed by atoms with Crippen LogP contribution in [0.4, 0.5) is 4.79 Å². The van der Waals surface area contributed by atoms with Gasteiger partial charge in [-0.05, 0) is 70.3 Å². The molecule has 218 valence electrons. The number of nitrogens with zero attached hydrogens (tertiary/aromatic N) is 4. The van der Waals surface area contributed by atoms with Gasteiger partial charge in [-0.15, -0.1) is 0 Å². The van der Waals surface area contributed by atoms with Gasteiger partial charge in [0.15, 0.2) is 0 Å². The van der Waals surface area contributed by atoms with Crippen LogP contribution in [0.2, 0.25) is 30.8 Å². The van der Waals surface area contributed by atoms with Crippen LogP contribution in [-0.4, -0.2) is 63.9 Å². The maximum atomic E-state index is 13.3. The van der Waals surface area contributed by atoms with E-state index in [1.54, 1.807) is 4.90 Å². The van der Waals surface area contributed by atoms with Gasteiger partial charge < -0.3 is 9.64 Å². The number of ether oxygens (including phenoxy) is 1. The van der Waals surface area contributed by atoms with Crippen molar-refractivity contribution in [2.45, 2.75) is 122 Å². The highest BCUT2D eigenvalue weighted by atomic mass is 35.5. The predicted molar refractivity (Wildman–Crippen MR) is 155 cm³/mol. The lowest BCUT2D eigenvalue weighted by Crippen LogP contribution is -2.59. The molecule has 1 aliphatic heterocycles. The summed E-state index contributed by atoms with van der Waals surface area (Å²) in [4.78, 5) is 55.4. The summed E-state index contributed by atoms with van der Waals surface area (Å²) in [5.41, 5.74) is -1.47. The third-order valence-corrected chi connectivity index (χ3v) is 11.0. The number of rotatable bonds is 10. The minimum Gasteiger partial charge on any atom is -0.361 e. The molecule has 1 spiro atoms. The summed E-state index contributed by atoms with van der Waals surface area (Å²) in [5, 5.41) is 0.201. The molecular formula is C28H45ClN4O5Si. The summed E-state index contributed by atoms with van der Waals surface area (Å²) >= 11 is 6.23. The molecular weight excluding hydrogens is 536 g/mol. The molecule has 2 saturated carbocycles. The molecule has 11 heteroatoms. The Morgan fingerprint density at radius 2 is 1.69 bits per heavy atom. The Morgan fingerprint density at radius 1 is 1.05 bits per heavy atom. The Labute approximate surface area is 237 Å². The normalized spacial score (nSPS) is 26.9. The van der Waals surface area contributed by atoms with Gasteiger partial charge in [0.1, 0.15) is 17.4 Å². The van der Waals surface area contributed by atoms with Crippen LogP contribution in [0.3, 0.4) is 0 Å². The smallest absolute Gasteiger partial charge is 0.332 e. The number of halogens is 1. The molecule has 0 radical (unpaired) electrons. The van der Waals surface area contributed by atoms with E-state index in [4.69, 9.17) is 16.3 Å². The molecule has 3 aliphatic rings. The lowest BCUT2D eigenvalue weighted by Gasteiger charge is -2.55. The van der Waals surface area contributed by atoms with Crippen LogP contribution >= 0.6 is 11.6 Å². The second kappa shape index (κ2) is 11.2. The Morgan fingerprint density at radius 3 is 2.28 bits per heavy atom. The second-order valence-electron chi connectivity index (χ2n) is 13.5. The molecule has 0 N–H and O–H groups in total. The minimum atomic E-state index is -1.26. The van der Waals surface area contributed by atoms with E-state index in [0.29, 0.717) is 13.2 Å². The first kappa shape index (κ1) is 30.1. The predicted octanol–water partition coefficient (Wildman–Crippen LogP) is 5.08. The van der Waals surface area contributed by atoms with Crippen LogP contribution in [0, 0.1) is 5.41 Å². The second-order valence-corrected chi connectivity index (χ2v) is 19.6. The van der Waals surface area contributed by atoms with Crippen LogP contribution in [0.5, 0.6) is 0 Å². The van der Waals surface area contributed by atoms with Gasteiger partial charge in [0, 0.05) is 39.4 Å². The lowest BCUT2D eigenvalue weighted by atomic mass is 9.57. The first-order valence-corrected chi connectivity index (χ1v) is 18.5. The molecule has 2 heterocycles. The molecule has 3 fully saturated rings. The van der Waals surface area contributed by atoms with E-state index in [1.165, 1.54) is 20.1 Å². The van der Waals surface area contributed by atoms with E-state index in [9.17, 15) is 19.2 Å². The minimum absolute atomic E-state index is 0.00417. The van der Waals surface area contributed by atoms with E-state index in [0.717, 1.165) is 57.4 Å². The highest BCUT2D eigenvalue weighted by Gasteiger charge is 2.59. The molecule has 0 unspecified atom stereocenters. The SMILES string of the molecule is CCCCn1c(Cl)cc(=O)n(C2CCC3(CC2)CC(N2C(=O)N(COCC[Si](C)(C)C)C(=O)C2(C)C)C3)c1=O. The molecule has 1 aromatic rings. The molecule has 0 atom stereocenters. The summed E-state index contributed by atoms with van der Waals surface area (Å²) in [6, 6.07) is 1.95. The Bertz CT molecular complexity index is 1200. The summed E-state index contributed by atoms with van der Waals surface area (Å²) in [7, 11) is -1.26. The largest absolute Gasteiger partial charge is 0.361 e. The summed E-state index contributed by atoms with van der Waals surface area (Å²) in [6.45, 7) is 13.6. The van der Waals surface area contributed by atoms with Crippen LogP contribution in [0.15, 0.2) is 15.7 Å². The van der Waals surface area contributed by atoms with Gasteiger partial charge in [-0.3, -0.25) is 18.7 Å². The van der Waals surface area contributed by atoms with Crippen molar-refractivity contribution in [1.29, 1.82) is 0 Å². The molecule has 39 heavy (non-hydrogen) atoms. The summed E-state index contributed by atoms with van der Waals surface area (Å²) < 4.78 is 8.66. The van der Waals surface area contributed by atoms with Crippen molar-refractivity contribution in [3.05, 3.63) is 32.1 Å². The molecule has 2 aliphatic carbocycles. The van der Waals surface area contributed by atoms with Gasteiger partial charge in [-0.25, -0.2) is 14.5 Å². The molecule has 9 nitrogen and oxygen atoms in total. The van der Waals surface area contributed by atoms with E-state index in [1.807, 2.05) is 13.8 Å². The third-order valence-electron chi connectivity index (χ3n) is 9.02. The molecule has 1 aromatic heterocycles. The number of hydrogen-bond donors (Lipinski definition) is 0. The zero-order valence-corrected chi connectivity index (χ0v) is 26.2. The van der Waals surface area contributed by atoms with Crippen LogP contribution < -0.4 is 11.2 Å². The van der Waals surface area contributed by atoms with E-state index >= 15 is 0 Å². The van der Waals surface area contributed by atoms with E-state index in [2.05, 4.69) is 26.6 Å².